The molecule has 0 nitrogen and oxygen atoms in total. The number of rotatable bonds is 10. The summed E-state index contributed by atoms with van der Waals surface area (Å²) in [5.41, 5.74) is 0.775. The van der Waals surface area contributed by atoms with Crippen molar-refractivity contribution in [1.82, 2.24) is 0 Å². The fourth-order valence-corrected chi connectivity index (χ4v) is 5.12. The molecule has 0 amide bonds. The third kappa shape index (κ3) is 5.57. The molecule has 2 unspecified atom stereocenters. The minimum absolute atomic E-state index is 0.122. The highest BCUT2D eigenvalue weighted by Crippen LogP contribution is 2.54. The molecule has 0 saturated heterocycles. The van der Waals surface area contributed by atoms with Crippen LogP contribution in [0.25, 0.3) is 0 Å². The second-order valence-corrected chi connectivity index (χ2v) is 7.82. The van der Waals surface area contributed by atoms with E-state index in [0.29, 0.717) is 0 Å². The average Bonchev–Trinajstić information content (AvgIpc) is 2.78. The van der Waals surface area contributed by atoms with Gasteiger partial charge in [0.25, 0.3) is 0 Å². The Bertz CT molecular complexity index is 263. The molecule has 2 aliphatic carbocycles. The summed E-state index contributed by atoms with van der Waals surface area (Å²) in [4.78, 5) is 0. The highest BCUT2D eigenvalue weighted by molar-refractivity contribution is 4.93. The normalized spacial score (nSPS) is 29.3. The molecule has 1 heteroatoms. The monoisotopic (exact) mass is 296 g/mol. The van der Waals surface area contributed by atoms with E-state index in [9.17, 15) is 4.39 Å². The van der Waals surface area contributed by atoms with Crippen LogP contribution in [-0.4, -0.2) is 6.67 Å². The molecule has 0 aromatic carbocycles. The first kappa shape index (κ1) is 17.3. The summed E-state index contributed by atoms with van der Waals surface area (Å²) in [5.74, 6) is 1.08. The van der Waals surface area contributed by atoms with E-state index < -0.39 is 0 Å². The van der Waals surface area contributed by atoms with Crippen molar-refractivity contribution in [2.24, 2.45) is 11.3 Å². The van der Waals surface area contributed by atoms with E-state index in [1.54, 1.807) is 12.8 Å². The van der Waals surface area contributed by atoms with E-state index in [-0.39, 0.29) is 6.67 Å². The van der Waals surface area contributed by atoms with E-state index in [1.807, 2.05) is 0 Å². The summed E-state index contributed by atoms with van der Waals surface area (Å²) >= 11 is 0. The molecule has 2 rings (SSSR count). The third-order valence-electron chi connectivity index (χ3n) is 6.38. The van der Waals surface area contributed by atoms with Gasteiger partial charge in [-0.25, -0.2) is 0 Å². The molecule has 0 bridgehead atoms. The van der Waals surface area contributed by atoms with Crippen molar-refractivity contribution in [3.05, 3.63) is 0 Å². The number of unbranched alkanes of at least 4 members (excludes halogenated alkanes) is 7. The maximum Gasteiger partial charge on any atom is 0.0894 e. The van der Waals surface area contributed by atoms with Gasteiger partial charge in [-0.15, -0.1) is 0 Å². The summed E-state index contributed by atoms with van der Waals surface area (Å²) in [6.45, 7) is -0.122. The van der Waals surface area contributed by atoms with Crippen molar-refractivity contribution in [2.45, 2.75) is 109 Å². The average molecular weight is 297 g/mol. The Morgan fingerprint density at radius 3 is 2.05 bits per heavy atom. The van der Waals surface area contributed by atoms with Crippen LogP contribution in [0.5, 0.6) is 0 Å². The molecule has 2 saturated carbocycles. The molecule has 0 N–H and O–H groups in total. The van der Waals surface area contributed by atoms with Gasteiger partial charge in [-0.05, 0) is 49.9 Å². The van der Waals surface area contributed by atoms with Crippen molar-refractivity contribution in [3.63, 3.8) is 0 Å². The van der Waals surface area contributed by atoms with Gasteiger partial charge in [0.2, 0.25) is 0 Å². The third-order valence-corrected chi connectivity index (χ3v) is 6.38. The van der Waals surface area contributed by atoms with Crippen LogP contribution in [0.4, 0.5) is 4.39 Å². The van der Waals surface area contributed by atoms with Crippen LogP contribution >= 0.6 is 0 Å². The van der Waals surface area contributed by atoms with E-state index in [2.05, 4.69) is 0 Å². The number of hydrogen-bond donors (Lipinski definition) is 0. The zero-order valence-corrected chi connectivity index (χ0v) is 14.2. The lowest BCUT2D eigenvalue weighted by atomic mass is 9.71. The fraction of sp³-hybridized carbons (Fsp3) is 1.00. The molecule has 2 aliphatic rings. The Morgan fingerprint density at radius 1 is 0.667 bits per heavy atom. The maximum atomic E-state index is 12.0. The predicted molar refractivity (Wildman–Crippen MR) is 90.4 cm³/mol. The van der Waals surface area contributed by atoms with Gasteiger partial charge in [0.05, 0.1) is 6.67 Å². The Kier molecular flexibility index (Phi) is 8.11. The molecule has 2 fully saturated rings. The highest BCUT2D eigenvalue weighted by Gasteiger charge is 2.41. The molecule has 0 aromatic heterocycles. The lowest BCUT2D eigenvalue weighted by molar-refractivity contribution is 0.160. The number of hydrogen-bond acceptors (Lipinski definition) is 0. The van der Waals surface area contributed by atoms with Gasteiger partial charge in [-0.2, -0.15) is 0 Å². The zero-order valence-electron chi connectivity index (χ0n) is 14.2. The van der Waals surface area contributed by atoms with Gasteiger partial charge >= 0.3 is 0 Å². The first-order chi connectivity index (χ1) is 10.4. The maximum absolute atomic E-state index is 12.0. The van der Waals surface area contributed by atoms with Crippen molar-refractivity contribution in [1.29, 1.82) is 0 Å². The van der Waals surface area contributed by atoms with Crippen LogP contribution in [0, 0.1) is 11.3 Å². The smallest absolute Gasteiger partial charge is 0.0894 e. The van der Waals surface area contributed by atoms with E-state index in [0.717, 1.165) is 24.2 Å². The minimum Gasteiger partial charge on any atom is -0.251 e. The molecule has 2 atom stereocenters. The van der Waals surface area contributed by atoms with Crippen molar-refractivity contribution >= 4 is 0 Å². The zero-order chi connectivity index (χ0) is 14.8. The summed E-state index contributed by atoms with van der Waals surface area (Å²) in [6.07, 6.45) is 23.9. The van der Waals surface area contributed by atoms with Gasteiger partial charge in [0.1, 0.15) is 0 Å². The van der Waals surface area contributed by atoms with Crippen LogP contribution in [0.2, 0.25) is 0 Å². The summed E-state index contributed by atoms with van der Waals surface area (Å²) in [6, 6.07) is 0. The SMILES string of the molecule is FCCCCCCCCCCC12CCCCCC1CCC2. The summed E-state index contributed by atoms with van der Waals surface area (Å²) in [5, 5.41) is 0. The molecule has 0 radical (unpaired) electrons. The molecular formula is C20H37F. The molecule has 0 aromatic rings. The molecule has 21 heavy (non-hydrogen) atoms. The van der Waals surface area contributed by atoms with E-state index >= 15 is 0 Å². The Morgan fingerprint density at radius 2 is 1.29 bits per heavy atom. The van der Waals surface area contributed by atoms with Gasteiger partial charge in [-0.3, -0.25) is 4.39 Å². The summed E-state index contributed by atoms with van der Waals surface area (Å²) in [7, 11) is 0. The Hall–Kier alpha value is -0.0700. The molecule has 124 valence electrons. The molecule has 0 spiro atoms. The summed E-state index contributed by atoms with van der Waals surface area (Å²) < 4.78 is 12.0. The van der Waals surface area contributed by atoms with Gasteiger partial charge in [0.15, 0.2) is 0 Å². The lowest BCUT2D eigenvalue weighted by Crippen LogP contribution is -2.24. The van der Waals surface area contributed by atoms with Crippen LogP contribution in [0.1, 0.15) is 109 Å². The van der Waals surface area contributed by atoms with Gasteiger partial charge < -0.3 is 0 Å². The minimum atomic E-state index is -0.122. The topological polar surface area (TPSA) is 0 Å². The van der Waals surface area contributed by atoms with Gasteiger partial charge in [0, 0.05) is 0 Å². The predicted octanol–water partition coefficient (Wildman–Crippen LogP) is 7.22. The number of alkyl halides is 1. The van der Waals surface area contributed by atoms with Crippen LogP contribution < -0.4 is 0 Å². The largest absolute Gasteiger partial charge is 0.251 e. The Balaban J connectivity index is 1.55. The van der Waals surface area contributed by atoms with Crippen LogP contribution in [0.15, 0.2) is 0 Å². The van der Waals surface area contributed by atoms with Crippen LogP contribution in [-0.2, 0) is 0 Å². The first-order valence-corrected chi connectivity index (χ1v) is 9.93. The van der Waals surface area contributed by atoms with E-state index in [1.165, 1.54) is 83.5 Å². The van der Waals surface area contributed by atoms with Crippen molar-refractivity contribution in [3.8, 4) is 0 Å². The van der Waals surface area contributed by atoms with E-state index in [4.69, 9.17) is 0 Å². The first-order valence-electron chi connectivity index (χ1n) is 9.93. The highest BCUT2D eigenvalue weighted by atomic mass is 19.1. The second-order valence-electron chi connectivity index (χ2n) is 7.82. The standard InChI is InChI=1S/C20H37F/c21-18-11-6-4-2-1-3-5-9-15-20-16-10-7-8-13-19(20)14-12-17-20/h19H,1-18H2. The Labute approximate surface area is 132 Å². The molecular weight excluding hydrogens is 259 g/mol. The van der Waals surface area contributed by atoms with Gasteiger partial charge in [-0.1, -0.05) is 70.6 Å². The quantitative estimate of drug-likeness (QED) is 0.373. The van der Waals surface area contributed by atoms with Crippen molar-refractivity contribution in [2.75, 3.05) is 6.67 Å². The molecule has 0 heterocycles. The van der Waals surface area contributed by atoms with Crippen molar-refractivity contribution < 1.29 is 4.39 Å². The second kappa shape index (κ2) is 9.85. The van der Waals surface area contributed by atoms with Crippen LogP contribution in [0.3, 0.4) is 0 Å². The number of halogens is 1. The lowest BCUT2D eigenvalue weighted by Gasteiger charge is -2.34. The fourth-order valence-electron chi connectivity index (χ4n) is 5.12. The number of fused-ring (bicyclic) bond motifs is 1. The molecule has 0 aliphatic heterocycles.